The molecule has 5 N–H and O–H groups in total. The highest BCUT2D eigenvalue weighted by atomic mass is 35.5. The highest BCUT2D eigenvalue weighted by molar-refractivity contribution is 5.85. The molecule has 7 unspecified atom stereocenters. The number of halogens is 1. The van der Waals surface area contributed by atoms with Gasteiger partial charge in [-0.1, -0.05) is 64.5 Å². The van der Waals surface area contributed by atoms with Crippen LogP contribution >= 0.6 is 12.4 Å². The summed E-state index contributed by atoms with van der Waals surface area (Å²) >= 11 is 0. The second-order valence-corrected chi connectivity index (χ2v) is 12.8. The standard InChI is InChI=1S/C30H52N4O2.ClH/c1-19(2)7-4-8-20(3)27-18-22-17-23(36-30(35)34-16-6-15-33-29(31)32)12-14-24(22)26-13-11-21-9-5-10-25(21)28(26)27;/h18-21,23-28H,4-17H2,1-3H3,(H,34,35)(H4,31,32,33);1H/t20-,21?,23?,24?,25?,26?,27?,28?;/m1./s1. The molecule has 7 heteroatoms. The number of allylic oxidation sites excluding steroid dienone is 1. The van der Waals surface area contributed by atoms with E-state index < -0.39 is 0 Å². The van der Waals surface area contributed by atoms with Gasteiger partial charge in [-0.2, -0.15) is 0 Å². The first-order valence-corrected chi connectivity index (χ1v) is 15.1. The fourth-order valence-corrected chi connectivity index (χ4v) is 8.37. The van der Waals surface area contributed by atoms with Gasteiger partial charge in [0.15, 0.2) is 5.96 Å². The Labute approximate surface area is 231 Å². The lowest BCUT2D eigenvalue weighted by Crippen LogP contribution is -2.47. The molecule has 3 fully saturated rings. The zero-order valence-corrected chi connectivity index (χ0v) is 24.3. The molecule has 0 radical (unpaired) electrons. The summed E-state index contributed by atoms with van der Waals surface area (Å²) in [4.78, 5) is 12.4. The van der Waals surface area contributed by atoms with Gasteiger partial charge in [-0.3, -0.25) is 5.41 Å². The number of carbonyl (C=O) groups is 1. The zero-order chi connectivity index (χ0) is 25.7. The van der Waals surface area contributed by atoms with Crippen LogP contribution in [0.15, 0.2) is 11.6 Å². The third-order valence-electron chi connectivity index (χ3n) is 9.99. The molecule has 0 aromatic carbocycles. The number of rotatable bonds is 10. The zero-order valence-electron chi connectivity index (χ0n) is 23.5. The number of nitrogens with two attached hydrogens (primary N) is 1. The van der Waals surface area contributed by atoms with Crippen molar-refractivity contribution in [1.29, 1.82) is 5.41 Å². The molecule has 4 aliphatic carbocycles. The quantitative estimate of drug-likeness (QED) is 0.109. The number of ether oxygens (including phenoxy) is 1. The van der Waals surface area contributed by atoms with Crippen LogP contribution in [0.2, 0.25) is 0 Å². The lowest BCUT2D eigenvalue weighted by molar-refractivity contribution is -0.00124. The average Bonchev–Trinajstić information content (AvgIpc) is 3.31. The molecule has 0 spiro atoms. The number of hydrogen-bond donors (Lipinski definition) is 4. The minimum absolute atomic E-state index is 0. The maximum Gasteiger partial charge on any atom is 0.407 e. The van der Waals surface area contributed by atoms with Crippen LogP contribution in [0.3, 0.4) is 0 Å². The summed E-state index contributed by atoms with van der Waals surface area (Å²) in [5.41, 5.74) is 6.91. The molecule has 37 heavy (non-hydrogen) atoms. The van der Waals surface area contributed by atoms with E-state index in [4.69, 9.17) is 15.9 Å². The van der Waals surface area contributed by atoms with E-state index in [0.717, 1.165) is 54.3 Å². The van der Waals surface area contributed by atoms with E-state index >= 15 is 0 Å². The van der Waals surface area contributed by atoms with Crippen molar-refractivity contribution < 1.29 is 9.53 Å². The first kappa shape index (κ1) is 30.1. The molecule has 0 aliphatic heterocycles. The third-order valence-corrected chi connectivity index (χ3v) is 9.99. The van der Waals surface area contributed by atoms with Gasteiger partial charge in [0.25, 0.3) is 0 Å². The van der Waals surface area contributed by atoms with Crippen molar-refractivity contribution in [3.8, 4) is 0 Å². The molecule has 8 atom stereocenters. The molecule has 3 saturated carbocycles. The van der Waals surface area contributed by atoms with Crippen molar-refractivity contribution in [2.75, 3.05) is 13.1 Å². The molecule has 0 saturated heterocycles. The molecule has 0 aromatic heterocycles. The summed E-state index contributed by atoms with van der Waals surface area (Å²) in [6.07, 6.45) is 17.5. The maximum atomic E-state index is 12.4. The summed E-state index contributed by atoms with van der Waals surface area (Å²) in [7, 11) is 0. The first-order chi connectivity index (χ1) is 17.3. The van der Waals surface area contributed by atoms with Crippen LogP contribution in [-0.4, -0.2) is 31.2 Å². The van der Waals surface area contributed by atoms with Crippen LogP contribution in [0.4, 0.5) is 4.79 Å². The van der Waals surface area contributed by atoms with Gasteiger partial charge in [0.2, 0.25) is 0 Å². The number of guanidine groups is 1. The molecule has 212 valence electrons. The van der Waals surface area contributed by atoms with E-state index in [9.17, 15) is 4.79 Å². The Bertz CT molecular complexity index is 788. The number of hydrogen-bond acceptors (Lipinski definition) is 3. The molecule has 4 aliphatic rings. The SMILES string of the molecule is CC(C)CCC[C@@H](C)C1C=C2CC(OC(=O)NCCCNC(=N)N)CCC2C2CCC3CCCC3C21.Cl. The van der Waals surface area contributed by atoms with Crippen molar-refractivity contribution in [3.05, 3.63) is 11.6 Å². The van der Waals surface area contributed by atoms with Gasteiger partial charge in [0.05, 0.1) is 0 Å². The predicted molar refractivity (Wildman–Crippen MR) is 154 cm³/mol. The van der Waals surface area contributed by atoms with Crippen LogP contribution in [-0.2, 0) is 4.74 Å². The average molecular weight is 537 g/mol. The van der Waals surface area contributed by atoms with Crippen LogP contribution in [0.25, 0.3) is 0 Å². The molecule has 6 nitrogen and oxygen atoms in total. The van der Waals surface area contributed by atoms with Gasteiger partial charge in [0, 0.05) is 19.5 Å². The van der Waals surface area contributed by atoms with Crippen molar-refractivity contribution >= 4 is 24.5 Å². The Hall–Kier alpha value is -1.43. The fraction of sp³-hybridized carbons (Fsp3) is 0.867. The van der Waals surface area contributed by atoms with Gasteiger partial charge in [-0.15, -0.1) is 12.4 Å². The molecular weight excluding hydrogens is 484 g/mol. The van der Waals surface area contributed by atoms with Crippen molar-refractivity contribution in [2.45, 2.75) is 104 Å². The number of nitrogens with one attached hydrogen (secondary N) is 3. The lowest BCUT2D eigenvalue weighted by Gasteiger charge is -2.53. The second-order valence-electron chi connectivity index (χ2n) is 12.8. The van der Waals surface area contributed by atoms with Gasteiger partial charge >= 0.3 is 6.09 Å². The van der Waals surface area contributed by atoms with Gasteiger partial charge in [0.1, 0.15) is 6.10 Å². The van der Waals surface area contributed by atoms with E-state index in [1.165, 1.54) is 57.8 Å². The molecule has 0 aromatic rings. The van der Waals surface area contributed by atoms with Crippen molar-refractivity contribution in [2.24, 2.45) is 53.1 Å². The van der Waals surface area contributed by atoms with Crippen molar-refractivity contribution in [3.63, 3.8) is 0 Å². The number of alkyl carbamates (subject to hydrolysis) is 1. The normalized spacial score (nSPS) is 33.2. The molecular formula is C30H53ClN4O2. The smallest absolute Gasteiger partial charge is 0.407 e. The Morgan fingerprint density at radius 2 is 1.81 bits per heavy atom. The summed E-state index contributed by atoms with van der Waals surface area (Å²) < 4.78 is 5.88. The summed E-state index contributed by atoms with van der Waals surface area (Å²) in [5.74, 6) is 6.61. The highest BCUT2D eigenvalue weighted by Gasteiger charge is 2.51. The molecule has 1 amide bonds. The van der Waals surface area contributed by atoms with E-state index in [1.807, 2.05) is 0 Å². The Morgan fingerprint density at radius 1 is 1.03 bits per heavy atom. The van der Waals surface area contributed by atoms with Crippen molar-refractivity contribution in [1.82, 2.24) is 10.6 Å². The van der Waals surface area contributed by atoms with Crippen LogP contribution in [0, 0.1) is 52.8 Å². The fourth-order valence-electron chi connectivity index (χ4n) is 8.37. The Balaban J connectivity index is 0.00000380. The summed E-state index contributed by atoms with van der Waals surface area (Å²) in [6.45, 7) is 8.33. The third kappa shape index (κ3) is 7.80. The number of carbonyl (C=O) groups excluding carboxylic acids is 1. The van der Waals surface area contributed by atoms with E-state index in [2.05, 4.69) is 37.5 Å². The number of amides is 1. The van der Waals surface area contributed by atoms with Crippen LogP contribution < -0.4 is 16.4 Å². The topological polar surface area (TPSA) is 100 Å². The van der Waals surface area contributed by atoms with E-state index in [-0.39, 0.29) is 30.6 Å². The minimum Gasteiger partial charge on any atom is -0.446 e. The first-order valence-electron chi connectivity index (χ1n) is 15.1. The second kappa shape index (κ2) is 14.1. The summed E-state index contributed by atoms with van der Waals surface area (Å²) in [5, 5.41) is 12.8. The molecule has 0 heterocycles. The highest BCUT2D eigenvalue weighted by Crippen LogP contribution is 2.59. The molecule has 4 rings (SSSR count). The van der Waals surface area contributed by atoms with Crippen LogP contribution in [0.1, 0.15) is 97.8 Å². The molecule has 0 bridgehead atoms. The van der Waals surface area contributed by atoms with Gasteiger partial charge in [-0.05, 0) is 85.9 Å². The predicted octanol–water partition coefficient (Wildman–Crippen LogP) is 6.64. The number of fused-ring (bicyclic) bond motifs is 5. The Morgan fingerprint density at radius 3 is 2.57 bits per heavy atom. The maximum absolute atomic E-state index is 12.4. The van der Waals surface area contributed by atoms with E-state index in [1.54, 1.807) is 5.57 Å². The van der Waals surface area contributed by atoms with Crippen LogP contribution in [0.5, 0.6) is 0 Å². The minimum atomic E-state index is -0.305. The van der Waals surface area contributed by atoms with Gasteiger partial charge < -0.3 is 21.1 Å². The van der Waals surface area contributed by atoms with Gasteiger partial charge in [-0.25, -0.2) is 4.79 Å². The summed E-state index contributed by atoms with van der Waals surface area (Å²) in [6, 6.07) is 0. The lowest BCUT2D eigenvalue weighted by atomic mass is 9.52. The monoisotopic (exact) mass is 536 g/mol. The largest absolute Gasteiger partial charge is 0.446 e. The Kier molecular flexibility index (Phi) is 11.5. The van der Waals surface area contributed by atoms with E-state index in [0.29, 0.717) is 25.4 Å².